The van der Waals surface area contributed by atoms with Crippen LogP contribution in [0.1, 0.15) is 44.0 Å². The molecule has 23 heavy (non-hydrogen) atoms. The predicted molar refractivity (Wildman–Crippen MR) is 88.8 cm³/mol. The second-order valence-corrected chi connectivity index (χ2v) is 6.37. The predicted octanol–water partition coefficient (Wildman–Crippen LogP) is 2.70. The van der Waals surface area contributed by atoms with Crippen molar-refractivity contribution >= 4 is 17.7 Å². The molecule has 0 saturated heterocycles. The van der Waals surface area contributed by atoms with Crippen molar-refractivity contribution in [2.45, 2.75) is 38.0 Å². The number of hydrogen-bond acceptors (Lipinski definition) is 5. The van der Waals surface area contributed by atoms with Crippen LogP contribution >= 0.6 is 11.8 Å². The van der Waals surface area contributed by atoms with E-state index in [9.17, 15) is 4.79 Å². The molecular formula is C16H19N5OS. The van der Waals surface area contributed by atoms with Crippen molar-refractivity contribution in [1.29, 1.82) is 5.26 Å². The first-order valence-corrected chi connectivity index (χ1v) is 8.31. The van der Waals surface area contributed by atoms with Gasteiger partial charge in [0, 0.05) is 6.04 Å². The molecule has 0 radical (unpaired) electrons. The summed E-state index contributed by atoms with van der Waals surface area (Å²) < 4.78 is 1.93. The van der Waals surface area contributed by atoms with Gasteiger partial charge in [-0.05, 0) is 38.5 Å². The highest BCUT2D eigenvalue weighted by atomic mass is 32.2. The Hall–Kier alpha value is -2.33. The molecule has 0 saturated carbocycles. The average molecular weight is 329 g/mol. The second-order valence-electron chi connectivity index (χ2n) is 5.43. The maximum absolute atomic E-state index is 12.1. The first-order valence-electron chi connectivity index (χ1n) is 7.33. The van der Waals surface area contributed by atoms with Crippen LogP contribution in [-0.4, -0.2) is 26.4 Å². The number of carbonyl (C=O) groups excluding carboxylic acids is 1. The van der Waals surface area contributed by atoms with E-state index in [4.69, 9.17) is 5.26 Å². The monoisotopic (exact) mass is 329 g/mol. The molecule has 120 valence electrons. The molecule has 1 unspecified atom stereocenters. The third-order valence-corrected chi connectivity index (χ3v) is 4.30. The summed E-state index contributed by atoms with van der Waals surface area (Å²) in [5, 5.41) is 20.4. The molecule has 0 bridgehead atoms. The van der Waals surface area contributed by atoms with Gasteiger partial charge < -0.3 is 9.88 Å². The summed E-state index contributed by atoms with van der Waals surface area (Å²) in [6, 6.07) is 9.43. The molecule has 1 amide bonds. The van der Waals surface area contributed by atoms with E-state index in [1.54, 1.807) is 18.5 Å². The van der Waals surface area contributed by atoms with Gasteiger partial charge in [-0.25, -0.2) is 0 Å². The fraction of sp³-hybridized carbons (Fsp3) is 0.375. The largest absolute Gasteiger partial charge is 0.349 e. The third kappa shape index (κ3) is 4.57. The van der Waals surface area contributed by atoms with Crippen LogP contribution < -0.4 is 5.32 Å². The molecule has 0 spiro atoms. The Morgan fingerprint density at radius 1 is 1.35 bits per heavy atom. The number of thioether (sulfide) groups is 1. The number of amides is 1. The van der Waals surface area contributed by atoms with E-state index in [1.807, 2.05) is 37.5 Å². The van der Waals surface area contributed by atoms with Gasteiger partial charge in [-0.3, -0.25) is 4.79 Å². The highest BCUT2D eigenvalue weighted by molar-refractivity contribution is 7.99. The van der Waals surface area contributed by atoms with Crippen LogP contribution in [0.4, 0.5) is 0 Å². The van der Waals surface area contributed by atoms with Crippen LogP contribution in [0, 0.1) is 11.3 Å². The molecule has 1 aromatic heterocycles. The molecule has 0 fully saturated rings. The molecule has 1 N–H and O–H groups in total. The van der Waals surface area contributed by atoms with Gasteiger partial charge in [0.2, 0.25) is 5.91 Å². The van der Waals surface area contributed by atoms with Crippen LogP contribution in [0.5, 0.6) is 0 Å². The summed E-state index contributed by atoms with van der Waals surface area (Å²) in [4.78, 5) is 12.1. The van der Waals surface area contributed by atoms with E-state index in [0.29, 0.717) is 5.56 Å². The molecule has 0 aliphatic carbocycles. The Morgan fingerprint density at radius 2 is 2.04 bits per heavy atom. The van der Waals surface area contributed by atoms with Gasteiger partial charge >= 0.3 is 0 Å². The summed E-state index contributed by atoms with van der Waals surface area (Å²) in [7, 11) is 0. The number of benzene rings is 1. The van der Waals surface area contributed by atoms with Crippen molar-refractivity contribution in [2.24, 2.45) is 0 Å². The third-order valence-electron chi connectivity index (χ3n) is 3.35. The minimum atomic E-state index is -0.112. The van der Waals surface area contributed by atoms with Gasteiger partial charge in [-0.2, -0.15) is 5.26 Å². The van der Waals surface area contributed by atoms with Crippen molar-refractivity contribution < 1.29 is 4.79 Å². The molecule has 6 nitrogen and oxygen atoms in total. The Bertz CT molecular complexity index is 702. The van der Waals surface area contributed by atoms with Gasteiger partial charge in [0.1, 0.15) is 6.33 Å². The Balaban J connectivity index is 1.88. The molecule has 1 heterocycles. The maximum atomic E-state index is 12.1. The van der Waals surface area contributed by atoms with Crippen molar-refractivity contribution in [3.05, 3.63) is 41.7 Å². The highest BCUT2D eigenvalue weighted by Crippen LogP contribution is 2.19. The van der Waals surface area contributed by atoms with Crippen molar-refractivity contribution in [1.82, 2.24) is 20.1 Å². The van der Waals surface area contributed by atoms with Gasteiger partial charge in [-0.15, -0.1) is 10.2 Å². The van der Waals surface area contributed by atoms with E-state index in [0.717, 1.165) is 10.7 Å². The first kappa shape index (κ1) is 17.0. The molecule has 2 rings (SSSR count). The highest BCUT2D eigenvalue weighted by Gasteiger charge is 2.13. The summed E-state index contributed by atoms with van der Waals surface area (Å²) >= 11 is 1.37. The molecule has 0 aliphatic rings. The number of nitrogens with zero attached hydrogens (tertiary/aromatic N) is 4. The minimum absolute atomic E-state index is 0.0647. The Labute approximate surface area is 139 Å². The minimum Gasteiger partial charge on any atom is -0.349 e. The zero-order valence-electron chi connectivity index (χ0n) is 13.4. The summed E-state index contributed by atoms with van der Waals surface area (Å²) in [5.74, 6) is 0.219. The smallest absolute Gasteiger partial charge is 0.230 e. The second kappa shape index (κ2) is 7.79. The Kier molecular flexibility index (Phi) is 5.77. The standard InChI is InChI=1S/C16H19N5OS/c1-11(2)21-10-18-20-16(21)23-9-15(22)19-12(3)14-6-4-13(8-17)5-7-14/h4-7,10-12H,9H2,1-3H3,(H,19,22). The van der Waals surface area contributed by atoms with Gasteiger partial charge in [0.25, 0.3) is 0 Å². The fourth-order valence-corrected chi connectivity index (χ4v) is 2.89. The van der Waals surface area contributed by atoms with E-state index in [2.05, 4.69) is 21.6 Å². The summed E-state index contributed by atoms with van der Waals surface area (Å²) in [6.07, 6.45) is 1.67. The normalized spacial score (nSPS) is 12.0. The van der Waals surface area contributed by atoms with Crippen LogP contribution in [-0.2, 0) is 4.79 Å². The lowest BCUT2D eigenvalue weighted by Crippen LogP contribution is -2.28. The SMILES string of the molecule is CC(NC(=O)CSc1nncn1C(C)C)c1ccc(C#N)cc1. The van der Waals surface area contributed by atoms with E-state index >= 15 is 0 Å². The molecule has 2 aromatic rings. The zero-order chi connectivity index (χ0) is 16.8. The molecular weight excluding hydrogens is 310 g/mol. The maximum Gasteiger partial charge on any atom is 0.230 e. The zero-order valence-corrected chi connectivity index (χ0v) is 14.2. The molecule has 0 aliphatic heterocycles. The molecule has 1 atom stereocenters. The first-order chi connectivity index (χ1) is 11.0. The summed E-state index contributed by atoms with van der Waals surface area (Å²) in [6.45, 7) is 6.00. The van der Waals surface area contributed by atoms with Gasteiger partial charge in [-0.1, -0.05) is 23.9 Å². The number of rotatable bonds is 6. The average Bonchev–Trinajstić information content (AvgIpc) is 3.01. The van der Waals surface area contributed by atoms with Gasteiger partial charge in [0.05, 0.1) is 23.4 Å². The number of carbonyl (C=O) groups is 1. The quantitative estimate of drug-likeness (QED) is 0.824. The molecule has 1 aromatic carbocycles. The Morgan fingerprint density at radius 3 is 2.65 bits per heavy atom. The van der Waals surface area contributed by atoms with Crippen LogP contribution in [0.15, 0.2) is 35.7 Å². The van der Waals surface area contributed by atoms with Crippen molar-refractivity contribution in [2.75, 3.05) is 5.75 Å². The number of aromatic nitrogens is 3. The van der Waals surface area contributed by atoms with Crippen LogP contribution in [0.25, 0.3) is 0 Å². The van der Waals surface area contributed by atoms with E-state index in [1.165, 1.54) is 11.8 Å². The van der Waals surface area contributed by atoms with Crippen LogP contribution in [0.2, 0.25) is 0 Å². The lowest BCUT2D eigenvalue weighted by atomic mass is 10.1. The number of hydrogen-bond donors (Lipinski definition) is 1. The van der Waals surface area contributed by atoms with Gasteiger partial charge in [0.15, 0.2) is 5.16 Å². The van der Waals surface area contributed by atoms with Crippen molar-refractivity contribution in [3.63, 3.8) is 0 Å². The summed E-state index contributed by atoms with van der Waals surface area (Å²) in [5.41, 5.74) is 1.57. The van der Waals surface area contributed by atoms with Crippen molar-refractivity contribution in [3.8, 4) is 6.07 Å². The topological polar surface area (TPSA) is 83.6 Å². The fourth-order valence-electron chi connectivity index (χ4n) is 2.03. The van der Waals surface area contributed by atoms with E-state index < -0.39 is 0 Å². The number of nitriles is 1. The lowest BCUT2D eigenvalue weighted by molar-refractivity contribution is -0.119. The van der Waals surface area contributed by atoms with E-state index in [-0.39, 0.29) is 23.7 Å². The van der Waals surface area contributed by atoms with Crippen LogP contribution in [0.3, 0.4) is 0 Å². The number of nitrogens with one attached hydrogen (secondary N) is 1. The lowest BCUT2D eigenvalue weighted by Gasteiger charge is -2.14. The molecule has 7 heteroatoms.